The second kappa shape index (κ2) is 1.80. The summed E-state index contributed by atoms with van der Waals surface area (Å²) < 4.78 is 1.76. The van der Waals surface area contributed by atoms with Gasteiger partial charge in [0.25, 0.3) is 0 Å². The summed E-state index contributed by atoms with van der Waals surface area (Å²) in [5.74, 6) is 0. The van der Waals surface area contributed by atoms with Gasteiger partial charge in [0.05, 0.1) is 6.20 Å². The van der Waals surface area contributed by atoms with Crippen LogP contribution in [0.3, 0.4) is 0 Å². The highest BCUT2D eigenvalue weighted by molar-refractivity contribution is 5.44. The molecule has 3 nitrogen and oxygen atoms in total. The molecule has 0 aliphatic rings. The highest BCUT2D eigenvalue weighted by atomic mass is 15.2. The molecular weight excluding hydrogens is 126 g/mol. The van der Waals surface area contributed by atoms with Gasteiger partial charge in [-0.25, -0.2) is 9.50 Å². The average Bonchev–Trinajstić information content (AvgIpc) is 2.34. The molecule has 0 aliphatic heterocycles. The van der Waals surface area contributed by atoms with Crippen LogP contribution in [0, 0.1) is 6.92 Å². The molecule has 0 unspecified atom stereocenters. The number of rotatable bonds is 0. The molecule has 0 N–H and O–H groups in total. The van der Waals surface area contributed by atoms with Crippen molar-refractivity contribution in [2.24, 2.45) is 0 Å². The van der Waals surface area contributed by atoms with Gasteiger partial charge in [-0.05, 0) is 13.0 Å². The van der Waals surface area contributed by atoms with Crippen LogP contribution in [-0.2, 0) is 0 Å². The second-order valence-electron chi connectivity index (χ2n) is 2.22. The first-order chi connectivity index (χ1) is 4.88. The van der Waals surface area contributed by atoms with Crippen molar-refractivity contribution in [2.75, 3.05) is 0 Å². The first kappa shape index (κ1) is 5.41. The molecule has 0 saturated heterocycles. The fraction of sp³-hybridized carbons (Fsp3) is 0.143. The van der Waals surface area contributed by atoms with Crippen LogP contribution in [0.25, 0.3) is 5.65 Å². The van der Waals surface area contributed by atoms with Crippen LogP contribution in [0.15, 0.2) is 24.7 Å². The Kier molecular flexibility index (Phi) is 0.974. The molecule has 10 heavy (non-hydrogen) atoms. The summed E-state index contributed by atoms with van der Waals surface area (Å²) in [6.45, 7) is 2.00. The number of hydrogen-bond acceptors (Lipinski definition) is 2. The molecule has 0 radical (unpaired) electrons. The Bertz CT molecular complexity index is 350. The summed E-state index contributed by atoms with van der Waals surface area (Å²) in [5, 5.41) is 4.07. The third-order valence-corrected chi connectivity index (χ3v) is 1.46. The highest BCUT2D eigenvalue weighted by Gasteiger charge is 1.95. The lowest BCUT2D eigenvalue weighted by Gasteiger charge is -1.88. The van der Waals surface area contributed by atoms with Crippen molar-refractivity contribution < 1.29 is 0 Å². The third kappa shape index (κ3) is 0.603. The average molecular weight is 133 g/mol. The van der Waals surface area contributed by atoms with Crippen molar-refractivity contribution in [3.63, 3.8) is 0 Å². The van der Waals surface area contributed by atoms with Gasteiger partial charge in [-0.2, -0.15) is 5.10 Å². The van der Waals surface area contributed by atoms with Crippen molar-refractivity contribution >= 4 is 5.65 Å². The molecule has 2 aromatic heterocycles. The molecule has 2 heterocycles. The highest BCUT2D eigenvalue weighted by Crippen LogP contribution is 2.02. The van der Waals surface area contributed by atoms with Crippen molar-refractivity contribution in [3.05, 3.63) is 30.2 Å². The zero-order chi connectivity index (χ0) is 6.97. The molecule has 2 aromatic rings. The number of hydrogen-bond donors (Lipinski definition) is 0. The lowest BCUT2D eigenvalue weighted by molar-refractivity contribution is 0.939. The number of fused-ring (bicyclic) bond motifs is 1. The van der Waals surface area contributed by atoms with Gasteiger partial charge in [0.15, 0.2) is 5.65 Å². The van der Waals surface area contributed by atoms with Gasteiger partial charge in [0.2, 0.25) is 0 Å². The molecule has 0 spiro atoms. The van der Waals surface area contributed by atoms with E-state index in [4.69, 9.17) is 0 Å². The van der Waals surface area contributed by atoms with Crippen LogP contribution in [0.4, 0.5) is 0 Å². The van der Waals surface area contributed by atoms with Gasteiger partial charge >= 0.3 is 0 Å². The van der Waals surface area contributed by atoms with Crippen molar-refractivity contribution in [1.29, 1.82) is 0 Å². The Morgan fingerprint density at radius 1 is 1.50 bits per heavy atom. The van der Waals surface area contributed by atoms with E-state index in [9.17, 15) is 0 Å². The summed E-state index contributed by atoms with van der Waals surface area (Å²) in [7, 11) is 0. The van der Waals surface area contributed by atoms with E-state index in [1.165, 1.54) is 0 Å². The zero-order valence-electron chi connectivity index (χ0n) is 5.65. The molecular formula is C7H7N3. The molecule has 50 valence electrons. The molecule has 0 bridgehead atoms. The molecule has 0 fully saturated rings. The van der Waals surface area contributed by atoms with E-state index in [-0.39, 0.29) is 0 Å². The minimum atomic E-state index is 0.933. The topological polar surface area (TPSA) is 30.2 Å². The Morgan fingerprint density at radius 2 is 2.40 bits per heavy atom. The first-order valence-corrected chi connectivity index (χ1v) is 3.13. The maximum atomic E-state index is 4.14. The van der Waals surface area contributed by atoms with Gasteiger partial charge in [0, 0.05) is 18.0 Å². The smallest absolute Gasteiger partial charge is 0.157 e. The summed E-state index contributed by atoms with van der Waals surface area (Å²) in [6, 6.07) is 1.86. The maximum absolute atomic E-state index is 4.14. The molecule has 0 atom stereocenters. The molecule has 0 aromatic carbocycles. The SMILES string of the molecule is Cc1cnn2cccnc12. The fourth-order valence-corrected chi connectivity index (χ4v) is 0.946. The molecule has 3 heteroatoms. The zero-order valence-corrected chi connectivity index (χ0v) is 5.65. The quantitative estimate of drug-likeness (QED) is 0.537. The normalized spacial score (nSPS) is 10.5. The number of aryl methyl sites for hydroxylation is 1. The minimum Gasteiger partial charge on any atom is -0.237 e. The molecule has 0 saturated carbocycles. The van der Waals surface area contributed by atoms with Gasteiger partial charge < -0.3 is 0 Å². The predicted molar refractivity (Wildman–Crippen MR) is 37.7 cm³/mol. The lowest BCUT2D eigenvalue weighted by Crippen LogP contribution is -1.86. The van der Waals surface area contributed by atoms with E-state index in [1.54, 1.807) is 10.7 Å². The van der Waals surface area contributed by atoms with Crippen LogP contribution < -0.4 is 0 Å². The molecule has 0 aliphatic carbocycles. The number of nitrogens with zero attached hydrogens (tertiary/aromatic N) is 3. The van der Waals surface area contributed by atoms with Crippen molar-refractivity contribution in [3.8, 4) is 0 Å². The van der Waals surface area contributed by atoms with Crippen LogP contribution in [0.5, 0.6) is 0 Å². The molecule has 2 rings (SSSR count). The van der Waals surface area contributed by atoms with E-state index < -0.39 is 0 Å². The molecule has 0 amide bonds. The monoisotopic (exact) mass is 133 g/mol. The fourth-order valence-electron chi connectivity index (χ4n) is 0.946. The summed E-state index contributed by atoms with van der Waals surface area (Å²) in [6.07, 6.45) is 5.46. The van der Waals surface area contributed by atoms with E-state index >= 15 is 0 Å². The van der Waals surface area contributed by atoms with Crippen molar-refractivity contribution in [2.45, 2.75) is 6.92 Å². The van der Waals surface area contributed by atoms with Crippen LogP contribution in [-0.4, -0.2) is 14.6 Å². The maximum Gasteiger partial charge on any atom is 0.157 e. The predicted octanol–water partition coefficient (Wildman–Crippen LogP) is 1.04. The Balaban J connectivity index is 2.93. The standard InChI is InChI=1S/C7H7N3/c1-6-5-9-10-4-2-3-8-7(6)10/h2-5H,1H3. The van der Waals surface area contributed by atoms with Crippen LogP contribution in [0.1, 0.15) is 5.56 Å². The van der Waals surface area contributed by atoms with Crippen LogP contribution in [0.2, 0.25) is 0 Å². The summed E-state index contributed by atoms with van der Waals surface area (Å²) in [4.78, 5) is 4.14. The third-order valence-electron chi connectivity index (χ3n) is 1.46. The van der Waals surface area contributed by atoms with E-state index in [0.717, 1.165) is 11.2 Å². The summed E-state index contributed by atoms with van der Waals surface area (Å²) in [5.41, 5.74) is 2.04. The van der Waals surface area contributed by atoms with E-state index in [1.807, 2.05) is 25.4 Å². The largest absolute Gasteiger partial charge is 0.237 e. The van der Waals surface area contributed by atoms with Gasteiger partial charge in [-0.3, -0.25) is 0 Å². The number of aromatic nitrogens is 3. The van der Waals surface area contributed by atoms with Gasteiger partial charge in [0.1, 0.15) is 0 Å². The Labute approximate surface area is 58.3 Å². The Morgan fingerprint density at radius 3 is 3.20 bits per heavy atom. The second-order valence-corrected chi connectivity index (χ2v) is 2.22. The van der Waals surface area contributed by atoms with E-state index in [2.05, 4.69) is 10.1 Å². The Hall–Kier alpha value is -1.38. The van der Waals surface area contributed by atoms with Crippen molar-refractivity contribution in [1.82, 2.24) is 14.6 Å². The summed E-state index contributed by atoms with van der Waals surface area (Å²) >= 11 is 0. The minimum absolute atomic E-state index is 0.933. The van der Waals surface area contributed by atoms with E-state index in [0.29, 0.717) is 0 Å². The first-order valence-electron chi connectivity index (χ1n) is 3.13. The van der Waals surface area contributed by atoms with Crippen LogP contribution >= 0.6 is 0 Å². The lowest BCUT2D eigenvalue weighted by atomic mass is 10.4. The van der Waals surface area contributed by atoms with Gasteiger partial charge in [-0.15, -0.1) is 0 Å². The van der Waals surface area contributed by atoms with Gasteiger partial charge in [-0.1, -0.05) is 0 Å².